The number of hydrogen-bond acceptors (Lipinski definition) is 6. The van der Waals surface area contributed by atoms with Gasteiger partial charge in [-0.15, -0.1) is 10.2 Å². The number of halogens is 1. The molecular weight excluding hydrogens is 490 g/mol. The number of phenolic OH excluding ortho intramolecular Hbond substituents is 1. The van der Waals surface area contributed by atoms with Crippen LogP contribution in [0.5, 0.6) is 5.75 Å². The van der Waals surface area contributed by atoms with Crippen molar-refractivity contribution in [3.8, 4) is 22.8 Å². The van der Waals surface area contributed by atoms with Gasteiger partial charge in [0.1, 0.15) is 5.75 Å². The lowest BCUT2D eigenvalue weighted by atomic mass is 10.2. The number of para-hydroxylation sites is 1. The molecule has 2 N–H and O–H groups in total. The van der Waals surface area contributed by atoms with Crippen LogP contribution in [0.25, 0.3) is 17.1 Å². The van der Waals surface area contributed by atoms with Gasteiger partial charge in [0.2, 0.25) is 0 Å². The number of benzene rings is 3. The molecule has 4 aromatic rings. The molecule has 4 rings (SSSR count). The van der Waals surface area contributed by atoms with Crippen LogP contribution in [-0.4, -0.2) is 37.7 Å². The highest BCUT2D eigenvalue weighted by Crippen LogP contribution is 2.27. The molecule has 9 heteroatoms. The Morgan fingerprint density at radius 2 is 1.78 bits per heavy atom. The average molecular weight is 508 g/mol. The summed E-state index contributed by atoms with van der Waals surface area (Å²) in [7, 11) is 0. The molecule has 0 aliphatic rings. The third kappa shape index (κ3) is 5.24. The van der Waals surface area contributed by atoms with Crippen molar-refractivity contribution < 1.29 is 9.90 Å². The van der Waals surface area contributed by atoms with Crippen molar-refractivity contribution in [3.63, 3.8) is 0 Å². The highest BCUT2D eigenvalue weighted by atomic mass is 79.9. The molecule has 3 aromatic carbocycles. The highest BCUT2D eigenvalue weighted by Gasteiger charge is 2.17. The first-order valence-electron chi connectivity index (χ1n) is 9.61. The molecule has 1 heterocycles. The number of thioether (sulfide) groups is 1. The maximum absolute atomic E-state index is 12.3. The Morgan fingerprint density at radius 3 is 2.53 bits per heavy atom. The molecule has 0 saturated carbocycles. The molecule has 0 saturated heterocycles. The van der Waals surface area contributed by atoms with Crippen LogP contribution in [0.15, 0.2) is 93.6 Å². The number of phenols is 1. The summed E-state index contributed by atoms with van der Waals surface area (Å²) in [5.74, 6) is 0.569. The number of aromatic nitrogens is 3. The largest absolute Gasteiger partial charge is 0.507 e. The third-order valence-corrected chi connectivity index (χ3v) is 5.82. The van der Waals surface area contributed by atoms with E-state index in [0.29, 0.717) is 16.5 Å². The number of rotatable bonds is 7. The van der Waals surface area contributed by atoms with Crippen molar-refractivity contribution >= 4 is 39.8 Å². The number of nitrogens with one attached hydrogen (secondary N) is 1. The third-order valence-electron chi connectivity index (χ3n) is 4.39. The van der Waals surface area contributed by atoms with E-state index < -0.39 is 0 Å². The predicted molar refractivity (Wildman–Crippen MR) is 129 cm³/mol. The van der Waals surface area contributed by atoms with E-state index in [1.165, 1.54) is 18.0 Å². The Labute approximate surface area is 197 Å². The lowest BCUT2D eigenvalue weighted by Crippen LogP contribution is -2.20. The van der Waals surface area contributed by atoms with Gasteiger partial charge in [0, 0.05) is 21.3 Å². The summed E-state index contributed by atoms with van der Waals surface area (Å²) in [5.41, 5.74) is 4.80. The van der Waals surface area contributed by atoms with Crippen LogP contribution in [0.2, 0.25) is 0 Å². The molecule has 160 valence electrons. The van der Waals surface area contributed by atoms with Gasteiger partial charge in [-0.2, -0.15) is 5.10 Å². The van der Waals surface area contributed by atoms with Crippen LogP contribution in [0.4, 0.5) is 0 Å². The summed E-state index contributed by atoms with van der Waals surface area (Å²) in [6.07, 6.45) is 1.39. The minimum absolute atomic E-state index is 0.0741. The second-order valence-electron chi connectivity index (χ2n) is 6.63. The number of aromatic hydroxyl groups is 1. The van der Waals surface area contributed by atoms with Crippen LogP contribution < -0.4 is 5.43 Å². The molecule has 0 bridgehead atoms. The fourth-order valence-corrected chi connectivity index (χ4v) is 4.04. The quantitative estimate of drug-likeness (QED) is 0.216. The zero-order chi connectivity index (χ0) is 22.3. The average Bonchev–Trinajstić information content (AvgIpc) is 3.25. The van der Waals surface area contributed by atoms with Gasteiger partial charge in [-0.25, -0.2) is 5.43 Å². The Balaban J connectivity index is 1.48. The number of carbonyl (C=O) groups is 1. The van der Waals surface area contributed by atoms with Crippen molar-refractivity contribution in [1.29, 1.82) is 0 Å². The first-order valence-corrected chi connectivity index (χ1v) is 11.4. The Kier molecular flexibility index (Phi) is 6.98. The van der Waals surface area contributed by atoms with E-state index in [4.69, 9.17) is 0 Å². The predicted octanol–water partition coefficient (Wildman–Crippen LogP) is 4.64. The molecule has 1 aromatic heterocycles. The number of amides is 1. The topological polar surface area (TPSA) is 92.4 Å². The molecule has 1 amide bonds. The van der Waals surface area contributed by atoms with Gasteiger partial charge in [-0.05, 0) is 30.3 Å². The van der Waals surface area contributed by atoms with Crippen LogP contribution in [-0.2, 0) is 4.79 Å². The molecule has 7 nitrogen and oxygen atoms in total. The smallest absolute Gasteiger partial charge is 0.250 e. The minimum Gasteiger partial charge on any atom is -0.507 e. The second kappa shape index (κ2) is 10.3. The Hall–Kier alpha value is -3.43. The summed E-state index contributed by atoms with van der Waals surface area (Å²) in [6.45, 7) is 0. The van der Waals surface area contributed by atoms with Crippen molar-refractivity contribution in [2.45, 2.75) is 5.16 Å². The number of hydrazone groups is 1. The van der Waals surface area contributed by atoms with Crippen molar-refractivity contribution in [2.75, 3.05) is 5.75 Å². The summed E-state index contributed by atoms with van der Waals surface area (Å²) < 4.78 is 2.73. The molecule has 0 fully saturated rings. The molecule has 0 atom stereocenters. The van der Waals surface area contributed by atoms with Gasteiger partial charge in [0.25, 0.3) is 5.91 Å². The van der Waals surface area contributed by atoms with Gasteiger partial charge in [0.15, 0.2) is 11.0 Å². The SMILES string of the molecule is O=C(CSc1nnc(-c2ccccc2)n1-c1ccccc1)N/N=C/c1cc(Br)ccc1O. The molecule has 0 aliphatic carbocycles. The van der Waals surface area contributed by atoms with Crippen molar-refractivity contribution in [2.24, 2.45) is 5.10 Å². The van der Waals surface area contributed by atoms with Crippen molar-refractivity contribution in [3.05, 3.63) is 88.9 Å². The first-order chi connectivity index (χ1) is 15.6. The van der Waals surface area contributed by atoms with E-state index in [1.807, 2.05) is 65.2 Å². The lowest BCUT2D eigenvalue weighted by Gasteiger charge is -2.10. The number of carbonyl (C=O) groups excluding carboxylic acids is 1. The van der Waals surface area contributed by atoms with Crippen molar-refractivity contribution in [1.82, 2.24) is 20.2 Å². The fraction of sp³-hybridized carbons (Fsp3) is 0.0435. The minimum atomic E-state index is -0.301. The summed E-state index contributed by atoms with van der Waals surface area (Å²) in [4.78, 5) is 12.3. The van der Waals surface area contributed by atoms with Gasteiger partial charge >= 0.3 is 0 Å². The van der Waals surface area contributed by atoms with E-state index in [9.17, 15) is 9.90 Å². The van der Waals surface area contributed by atoms with E-state index >= 15 is 0 Å². The van der Waals surface area contributed by atoms with Crippen LogP contribution in [0.1, 0.15) is 5.56 Å². The standard InChI is InChI=1S/C23H18BrN5O2S/c24-18-11-12-20(30)17(13-18)14-25-26-21(31)15-32-23-28-27-22(16-7-3-1-4-8-16)29(23)19-9-5-2-6-10-19/h1-14,30H,15H2,(H,26,31)/b25-14+. The molecule has 0 spiro atoms. The second-order valence-corrected chi connectivity index (χ2v) is 8.49. The van der Waals surface area contributed by atoms with Crippen LogP contribution in [0.3, 0.4) is 0 Å². The van der Waals surface area contributed by atoms with Gasteiger partial charge in [-0.3, -0.25) is 9.36 Å². The first kappa shape index (κ1) is 21.8. The zero-order valence-electron chi connectivity index (χ0n) is 16.7. The zero-order valence-corrected chi connectivity index (χ0v) is 19.1. The maximum Gasteiger partial charge on any atom is 0.250 e. The Morgan fingerprint density at radius 1 is 1.06 bits per heavy atom. The Bertz CT molecular complexity index is 1250. The van der Waals surface area contributed by atoms with E-state index in [2.05, 4.69) is 36.7 Å². The molecular formula is C23H18BrN5O2S. The van der Waals surface area contributed by atoms with E-state index in [0.717, 1.165) is 15.7 Å². The van der Waals surface area contributed by atoms with E-state index in [-0.39, 0.29) is 17.4 Å². The summed E-state index contributed by atoms with van der Waals surface area (Å²) >= 11 is 4.60. The van der Waals surface area contributed by atoms with Crippen LogP contribution in [0, 0.1) is 0 Å². The summed E-state index contributed by atoms with van der Waals surface area (Å²) in [5, 5.41) is 23.0. The van der Waals surface area contributed by atoms with E-state index in [1.54, 1.807) is 18.2 Å². The monoisotopic (exact) mass is 507 g/mol. The fourth-order valence-electron chi connectivity index (χ4n) is 2.91. The molecule has 0 unspecified atom stereocenters. The number of hydrogen-bond donors (Lipinski definition) is 2. The number of nitrogens with zero attached hydrogens (tertiary/aromatic N) is 4. The van der Waals surface area contributed by atoms with Crippen LogP contribution >= 0.6 is 27.7 Å². The highest BCUT2D eigenvalue weighted by molar-refractivity contribution is 9.10. The van der Waals surface area contributed by atoms with Gasteiger partial charge in [-0.1, -0.05) is 76.2 Å². The van der Waals surface area contributed by atoms with Gasteiger partial charge < -0.3 is 5.11 Å². The normalized spacial score (nSPS) is 11.0. The molecule has 32 heavy (non-hydrogen) atoms. The summed E-state index contributed by atoms with van der Waals surface area (Å²) in [6, 6.07) is 24.5. The lowest BCUT2D eigenvalue weighted by molar-refractivity contribution is -0.118. The molecule has 0 aliphatic heterocycles. The maximum atomic E-state index is 12.3. The van der Waals surface area contributed by atoms with Gasteiger partial charge in [0.05, 0.1) is 12.0 Å². The molecule has 0 radical (unpaired) electrons.